The lowest BCUT2D eigenvalue weighted by Gasteiger charge is -2.43. The Morgan fingerprint density at radius 2 is 2.12 bits per heavy atom. The van der Waals surface area contributed by atoms with Gasteiger partial charge in [0.2, 0.25) is 0 Å². The molecule has 1 aromatic rings. The van der Waals surface area contributed by atoms with Gasteiger partial charge in [-0.05, 0) is 51.9 Å². The molecule has 2 heterocycles. The van der Waals surface area contributed by atoms with E-state index in [9.17, 15) is 4.79 Å². The van der Waals surface area contributed by atoms with Crippen molar-refractivity contribution in [3.05, 3.63) is 11.8 Å². The summed E-state index contributed by atoms with van der Waals surface area (Å²) in [5.74, 6) is 1.63. The SMILES string of the molecule is CCC(C)NC(=O)c1cnn2c1NC(C1CCCCC1)CC2(C)CC. The smallest absolute Gasteiger partial charge is 0.256 e. The van der Waals surface area contributed by atoms with Crippen LogP contribution in [0.1, 0.15) is 89.4 Å². The fourth-order valence-corrected chi connectivity index (χ4v) is 4.37. The zero-order chi connectivity index (χ0) is 18.0. The summed E-state index contributed by atoms with van der Waals surface area (Å²) in [5.41, 5.74) is 0.679. The topological polar surface area (TPSA) is 59.0 Å². The standard InChI is InChI=1S/C20H34N4O/c1-5-14(3)22-19(25)16-13-21-24-18(16)23-17(12-20(24,4)6-2)15-10-8-7-9-11-15/h13-15,17,23H,5-12H2,1-4H3,(H,22,25). The number of rotatable bonds is 5. The Morgan fingerprint density at radius 3 is 2.76 bits per heavy atom. The molecule has 0 bridgehead atoms. The average molecular weight is 347 g/mol. The Bertz CT molecular complexity index is 605. The maximum absolute atomic E-state index is 12.7. The molecule has 0 saturated heterocycles. The largest absolute Gasteiger partial charge is 0.366 e. The fourth-order valence-electron chi connectivity index (χ4n) is 4.37. The van der Waals surface area contributed by atoms with E-state index in [0.717, 1.165) is 25.1 Å². The number of carbonyl (C=O) groups is 1. The molecule has 1 fully saturated rings. The van der Waals surface area contributed by atoms with Crippen LogP contribution in [0.4, 0.5) is 5.82 Å². The molecule has 3 unspecified atom stereocenters. The van der Waals surface area contributed by atoms with Crippen molar-refractivity contribution in [3.63, 3.8) is 0 Å². The molecule has 0 radical (unpaired) electrons. The maximum Gasteiger partial charge on any atom is 0.256 e. The van der Waals surface area contributed by atoms with Crippen LogP contribution in [0, 0.1) is 5.92 Å². The van der Waals surface area contributed by atoms with Crippen molar-refractivity contribution in [2.75, 3.05) is 5.32 Å². The molecule has 5 nitrogen and oxygen atoms in total. The zero-order valence-corrected chi connectivity index (χ0v) is 16.3. The number of hydrogen-bond donors (Lipinski definition) is 2. The van der Waals surface area contributed by atoms with E-state index in [0.29, 0.717) is 17.5 Å². The number of fused-ring (bicyclic) bond motifs is 1. The molecular weight excluding hydrogens is 312 g/mol. The Hall–Kier alpha value is -1.52. The first-order valence-corrected chi connectivity index (χ1v) is 10.1. The van der Waals surface area contributed by atoms with Crippen LogP contribution >= 0.6 is 0 Å². The predicted octanol–water partition coefficient (Wildman–Crippen LogP) is 4.30. The zero-order valence-electron chi connectivity index (χ0n) is 16.3. The molecule has 5 heteroatoms. The van der Waals surface area contributed by atoms with Gasteiger partial charge >= 0.3 is 0 Å². The van der Waals surface area contributed by atoms with Crippen molar-refractivity contribution in [1.82, 2.24) is 15.1 Å². The highest BCUT2D eigenvalue weighted by molar-refractivity contribution is 5.99. The number of carbonyl (C=O) groups excluding carboxylic acids is 1. The van der Waals surface area contributed by atoms with Gasteiger partial charge in [0, 0.05) is 12.1 Å². The van der Waals surface area contributed by atoms with Crippen molar-refractivity contribution < 1.29 is 4.79 Å². The molecule has 2 aliphatic rings. The first kappa shape index (κ1) is 18.3. The van der Waals surface area contributed by atoms with Crippen molar-refractivity contribution in [3.8, 4) is 0 Å². The summed E-state index contributed by atoms with van der Waals surface area (Å²) in [6, 6.07) is 0.628. The minimum Gasteiger partial charge on any atom is -0.366 e. The van der Waals surface area contributed by atoms with Crippen LogP contribution in [0.25, 0.3) is 0 Å². The van der Waals surface area contributed by atoms with Crippen LogP contribution in [0.5, 0.6) is 0 Å². The summed E-state index contributed by atoms with van der Waals surface area (Å²) >= 11 is 0. The summed E-state index contributed by atoms with van der Waals surface area (Å²) in [6.07, 6.45) is 11.5. The van der Waals surface area contributed by atoms with E-state index in [1.807, 2.05) is 6.92 Å². The van der Waals surface area contributed by atoms with Crippen molar-refractivity contribution in [2.24, 2.45) is 5.92 Å². The fraction of sp³-hybridized carbons (Fsp3) is 0.800. The number of nitrogens with zero attached hydrogens (tertiary/aromatic N) is 2. The lowest BCUT2D eigenvalue weighted by molar-refractivity contribution is 0.0939. The van der Waals surface area contributed by atoms with Gasteiger partial charge in [0.05, 0.1) is 11.7 Å². The first-order valence-electron chi connectivity index (χ1n) is 10.1. The normalized spacial score (nSPS) is 28.1. The van der Waals surface area contributed by atoms with Crippen molar-refractivity contribution in [2.45, 2.75) is 96.7 Å². The van der Waals surface area contributed by atoms with Crippen LogP contribution < -0.4 is 10.6 Å². The molecule has 3 atom stereocenters. The van der Waals surface area contributed by atoms with Gasteiger partial charge in [-0.15, -0.1) is 0 Å². The van der Waals surface area contributed by atoms with Gasteiger partial charge in [-0.25, -0.2) is 4.68 Å². The molecular formula is C20H34N4O. The highest BCUT2D eigenvalue weighted by Gasteiger charge is 2.40. The Balaban J connectivity index is 1.88. The molecule has 1 aliphatic heterocycles. The van der Waals surface area contributed by atoms with Gasteiger partial charge in [-0.3, -0.25) is 4.79 Å². The predicted molar refractivity (Wildman–Crippen MR) is 102 cm³/mol. The second kappa shape index (κ2) is 7.38. The number of aromatic nitrogens is 2. The van der Waals surface area contributed by atoms with E-state index in [1.165, 1.54) is 32.1 Å². The van der Waals surface area contributed by atoms with Gasteiger partial charge in [0.1, 0.15) is 11.4 Å². The third kappa shape index (κ3) is 3.56. The lowest BCUT2D eigenvalue weighted by atomic mass is 9.77. The summed E-state index contributed by atoms with van der Waals surface area (Å²) in [7, 11) is 0. The number of anilines is 1. The van der Waals surface area contributed by atoms with E-state index in [4.69, 9.17) is 0 Å². The van der Waals surface area contributed by atoms with Crippen molar-refractivity contribution >= 4 is 11.7 Å². The second-order valence-electron chi connectivity index (χ2n) is 8.30. The van der Waals surface area contributed by atoms with E-state index < -0.39 is 0 Å². The third-order valence-corrected chi connectivity index (χ3v) is 6.48. The molecule has 1 aromatic heterocycles. The van der Waals surface area contributed by atoms with Gasteiger partial charge in [-0.2, -0.15) is 5.10 Å². The Kier molecular flexibility index (Phi) is 5.40. The molecule has 0 spiro atoms. The minimum atomic E-state index is -0.0163. The average Bonchev–Trinajstić information content (AvgIpc) is 3.07. The van der Waals surface area contributed by atoms with Crippen LogP contribution in [-0.4, -0.2) is 27.8 Å². The Labute approximate surface area is 151 Å². The highest BCUT2D eigenvalue weighted by atomic mass is 16.1. The van der Waals surface area contributed by atoms with Gasteiger partial charge < -0.3 is 10.6 Å². The van der Waals surface area contributed by atoms with Crippen LogP contribution in [-0.2, 0) is 5.54 Å². The number of nitrogens with one attached hydrogen (secondary N) is 2. The quantitative estimate of drug-likeness (QED) is 0.835. The van der Waals surface area contributed by atoms with E-state index in [1.54, 1.807) is 6.20 Å². The van der Waals surface area contributed by atoms with Crippen LogP contribution in [0.3, 0.4) is 0 Å². The Morgan fingerprint density at radius 1 is 1.40 bits per heavy atom. The van der Waals surface area contributed by atoms with E-state index in [2.05, 4.69) is 41.2 Å². The summed E-state index contributed by atoms with van der Waals surface area (Å²) in [5, 5.41) is 11.4. The maximum atomic E-state index is 12.7. The first-order chi connectivity index (χ1) is 12.0. The van der Waals surface area contributed by atoms with E-state index >= 15 is 0 Å². The molecule has 140 valence electrons. The molecule has 1 saturated carbocycles. The van der Waals surface area contributed by atoms with Crippen LogP contribution in [0.2, 0.25) is 0 Å². The summed E-state index contributed by atoms with van der Waals surface area (Å²) in [4.78, 5) is 12.7. The molecule has 3 rings (SSSR count). The number of amides is 1. The molecule has 2 N–H and O–H groups in total. The van der Waals surface area contributed by atoms with E-state index in [-0.39, 0.29) is 17.5 Å². The molecule has 0 aromatic carbocycles. The van der Waals surface area contributed by atoms with Gasteiger partial charge in [0.15, 0.2) is 0 Å². The molecule has 1 aliphatic carbocycles. The monoisotopic (exact) mass is 346 g/mol. The minimum absolute atomic E-state index is 0.00847. The van der Waals surface area contributed by atoms with Crippen LogP contribution in [0.15, 0.2) is 6.20 Å². The van der Waals surface area contributed by atoms with Gasteiger partial charge in [-0.1, -0.05) is 33.1 Å². The van der Waals surface area contributed by atoms with Gasteiger partial charge in [0.25, 0.3) is 5.91 Å². The second-order valence-corrected chi connectivity index (χ2v) is 8.30. The molecule has 1 amide bonds. The summed E-state index contributed by atoms with van der Waals surface area (Å²) < 4.78 is 2.07. The van der Waals surface area contributed by atoms with Crippen molar-refractivity contribution in [1.29, 1.82) is 0 Å². The molecule has 25 heavy (non-hydrogen) atoms. The highest BCUT2D eigenvalue weighted by Crippen LogP contribution is 2.41. The third-order valence-electron chi connectivity index (χ3n) is 6.48. The lowest BCUT2D eigenvalue weighted by Crippen LogP contribution is -2.47. The summed E-state index contributed by atoms with van der Waals surface area (Å²) in [6.45, 7) is 8.65. The number of hydrogen-bond acceptors (Lipinski definition) is 3.